The smallest absolute Gasteiger partial charge is 0.164 e. The van der Waals surface area contributed by atoms with Gasteiger partial charge in [0.2, 0.25) is 0 Å². The molecule has 0 radical (unpaired) electrons. The SMILES string of the molecule is CC1C=CC(c2nc(-c3ccccc3)nc(-c3cc(-n4c5ccccc5c5cc6c7c8ccccc8ccc7n(-c7ccccn7)c6cc54)cc4ccccc34)n2)=CC1. The minimum atomic E-state index is 0.478. The minimum Gasteiger partial charge on any atom is -0.309 e. The Hall–Kier alpha value is -7.70. The van der Waals surface area contributed by atoms with Gasteiger partial charge >= 0.3 is 0 Å². The Labute approximate surface area is 340 Å². The van der Waals surface area contributed by atoms with Crippen molar-refractivity contribution in [1.29, 1.82) is 0 Å². The molecule has 59 heavy (non-hydrogen) atoms. The molecule has 4 heterocycles. The highest BCUT2D eigenvalue weighted by Crippen LogP contribution is 2.43. The van der Waals surface area contributed by atoms with Crippen LogP contribution in [0.3, 0.4) is 0 Å². The van der Waals surface area contributed by atoms with Crippen molar-refractivity contribution in [2.75, 3.05) is 0 Å². The normalized spacial score (nSPS) is 14.3. The van der Waals surface area contributed by atoms with Crippen LogP contribution in [0, 0.1) is 5.92 Å². The molecule has 7 aromatic carbocycles. The molecule has 278 valence electrons. The number of aromatic nitrogens is 6. The fraction of sp³-hybridized carbons (Fsp3) is 0.0566. The second-order valence-corrected chi connectivity index (χ2v) is 15.6. The number of hydrogen-bond donors (Lipinski definition) is 0. The molecule has 0 fully saturated rings. The molecule has 6 nitrogen and oxygen atoms in total. The first kappa shape index (κ1) is 33.4. The fourth-order valence-corrected chi connectivity index (χ4v) is 9.10. The Kier molecular flexibility index (Phi) is 7.47. The van der Waals surface area contributed by atoms with E-state index < -0.39 is 0 Å². The average Bonchev–Trinajstić information content (AvgIpc) is 3.80. The summed E-state index contributed by atoms with van der Waals surface area (Å²) in [4.78, 5) is 20.4. The van der Waals surface area contributed by atoms with Gasteiger partial charge < -0.3 is 4.57 Å². The third kappa shape index (κ3) is 5.34. The van der Waals surface area contributed by atoms with Crippen LogP contribution < -0.4 is 0 Å². The largest absolute Gasteiger partial charge is 0.309 e. The summed E-state index contributed by atoms with van der Waals surface area (Å²) < 4.78 is 4.73. The Morgan fingerprint density at radius 3 is 2.07 bits per heavy atom. The lowest BCUT2D eigenvalue weighted by Gasteiger charge is -2.16. The van der Waals surface area contributed by atoms with Crippen LogP contribution in [0.1, 0.15) is 19.2 Å². The zero-order valence-corrected chi connectivity index (χ0v) is 32.3. The van der Waals surface area contributed by atoms with Crippen molar-refractivity contribution >= 4 is 70.7 Å². The molecule has 1 aliphatic carbocycles. The summed E-state index contributed by atoms with van der Waals surface area (Å²) in [5.41, 5.74) is 8.43. The second-order valence-electron chi connectivity index (χ2n) is 15.6. The molecule has 1 aliphatic rings. The standard InChI is InChI=1S/C53H36N6/c1-33-22-24-36(25-23-33)52-55-51(35-14-3-2-4-15-35)56-53(57-52)43-30-38(29-37-16-6-7-17-39(37)43)58-45-20-10-9-19-41(45)42-31-44-48(32-47(42)58)59(49-21-11-12-28-54-49)46-27-26-34-13-5-8-18-40(34)50(44)46/h2-22,24-33H,23H2,1H3. The molecule has 0 amide bonds. The Morgan fingerprint density at radius 1 is 0.508 bits per heavy atom. The number of rotatable bonds is 5. The summed E-state index contributed by atoms with van der Waals surface area (Å²) in [7, 11) is 0. The maximum Gasteiger partial charge on any atom is 0.164 e. The molecule has 0 saturated carbocycles. The summed E-state index contributed by atoms with van der Waals surface area (Å²) in [6, 6.07) is 56.1. The summed E-state index contributed by atoms with van der Waals surface area (Å²) in [5, 5.41) is 9.44. The molecule has 0 aliphatic heterocycles. The zero-order valence-electron chi connectivity index (χ0n) is 32.3. The van der Waals surface area contributed by atoms with E-state index in [1.54, 1.807) is 0 Å². The number of pyridine rings is 1. The molecule has 1 unspecified atom stereocenters. The maximum atomic E-state index is 5.25. The molecule has 12 rings (SSSR count). The van der Waals surface area contributed by atoms with Crippen molar-refractivity contribution in [3.63, 3.8) is 0 Å². The molecule has 0 spiro atoms. The van der Waals surface area contributed by atoms with Gasteiger partial charge in [-0.25, -0.2) is 19.9 Å². The minimum absolute atomic E-state index is 0.478. The molecule has 6 heteroatoms. The first-order chi connectivity index (χ1) is 29.2. The monoisotopic (exact) mass is 756 g/mol. The molecule has 11 aromatic rings. The summed E-state index contributed by atoms with van der Waals surface area (Å²) in [6.45, 7) is 2.23. The molecular weight excluding hydrogens is 721 g/mol. The fourth-order valence-electron chi connectivity index (χ4n) is 9.10. The Balaban J connectivity index is 1.16. The lowest BCUT2D eigenvalue weighted by atomic mass is 9.98. The Bertz CT molecular complexity index is 3540. The number of para-hydroxylation sites is 1. The topological polar surface area (TPSA) is 61.4 Å². The molecular formula is C53H36N6. The van der Waals surface area contributed by atoms with Gasteiger partial charge in [-0.15, -0.1) is 0 Å². The number of allylic oxidation sites excluding steroid dienone is 4. The van der Waals surface area contributed by atoms with Gasteiger partial charge in [0, 0.05) is 50.1 Å². The van der Waals surface area contributed by atoms with E-state index in [0.29, 0.717) is 23.4 Å². The van der Waals surface area contributed by atoms with Crippen LogP contribution in [-0.2, 0) is 0 Å². The van der Waals surface area contributed by atoms with Crippen molar-refractivity contribution in [1.82, 2.24) is 29.1 Å². The van der Waals surface area contributed by atoms with Gasteiger partial charge in [0.1, 0.15) is 5.82 Å². The average molecular weight is 757 g/mol. The van der Waals surface area contributed by atoms with Crippen LogP contribution in [0.25, 0.3) is 105 Å². The lowest BCUT2D eigenvalue weighted by Crippen LogP contribution is -2.05. The van der Waals surface area contributed by atoms with Crippen LogP contribution in [0.15, 0.2) is 182 Å². The van der Waals surface area contributed by atoms with Crippen LogP contribution in [-0.4, -0.2) is 29.1 Å². The molecule has 0 saturated heterocycles. The zero-order chi connectivity index (χ0) is 39.0. The van der Waals surface area contributed by atoms with Crippen molar-refractivity contribution < 1.29 is 0 Å². The highest BCUT2D eigenvalue weighted by Gasteiger charge is 2.22. The van der Waals surface area contributed by atoms with E-state index in [1.165, 1.54) is 32.3 Å². The quantitative estimate of drug-likeness (QED) is 0.175. The molecule has 0 bridgehead atoms. The third-order valence-corrected chi connectivity index (χ3v) is 11.9. The number of nitrogens with zero attached hydrogens (tertiary/aromatic N) is 6. The van der Waals surface area contributed by atoms with Gasteiger partial charge in [0.05, 0.1) is 22.1 Å². The van der Waals surface area contributed by atoms with Gasteiger partial charge in [-0.2, -0.15) is 0 Å². The van der Waals surface area contributed by atoms with Crippen LogP contribution in [0.2, 0.25) is 0 Å². The number of hydrogen-bond acceptors (Lipinski definition) is 4. The van der Waals surface area contributed by atoms with Gasteiger partial charge in [-0.3, -0.25) is 4.57 Å². The van der Waals surface area contributed by atoms with Gasteiger partial charge in [0.15, 0.2) is 17.5 Å². The van der Waals surface area contributed by atoms with E-state index in [9.17, 15) is 0 Å². The van der Waals surface area contributed by atoms with Crippen LogP contribution in [0.4, 0.5) is 0 Å². The van der Waals surface area contributed by atoms with E-state index in [0.717, 1.165) is 67.5 Å². The van der Waals surface area contributed by atoms with Crippen LogP contribution >= 0.6 is 0 Å². The maximum absolute atomic E-state index is 5.25. The molecule has 4 aromatic heterocycles. The summed E-state index contributed by atoms with van der Waals surface area (Å²) in [5.74, 6) is 3.34. The Morgan fingerprint density at radius 2 is 1.24 bits per heavy atom. The van der Waals surface area contributed by atoms with Crippen molar-refractivity contribution in [3.05, 3.63) is 188 Å². The first-order valence-electron chi connectivity index (χ1n) is 20.2. The van der Waals surface area contributed by atoms with E-state index >= 15 is 0 Å². The summed E-state index contributed by atoms with van der Waals surface area (Å²) in [6.07, 6.45) is 9.47. The number of fused-ring (bicyclic) bond motifs is 9. The first-order valence-corrected chi connectivity index (χ1v) is 20.2. The molecule has 1 atom stereocenters. The molecule has 0 N–H and O–H groups in total. The van der Waals surface area contributed by atoms with Crippen molar-refractivity contribution in [3.8, 4) is 34.3 Å². The van der Waals surface area contributed by atoms with Gasteiger partial charge in [0.25, 0.3) is 0 Å². The second kappa shape index (κ2) is 13.2. The predicted octanol–water partition coefficient (Wildman–Crippen LogP) is 13.1. The highest BCUT2D eigenvalue weighted by molar-refractivity contribution is 6.25. The summed E-state index contributed by atoms with van der Waals surface area (Å²) >= 11 is 0. The third-order valence-electron chi connectivity index (χ3n) is 11.9. The van der Waals surface area contributed by atoms with E-state index in [1.807, 2.05) is 30.5 Å². The number of benzene rings is 7. The van der Waals surface area contributed by atoms with Gasteiger partial charge in [-0.05, 0) is 82.4 Å². The van der Waals surface area contributed by atoms with E-state index in [4.69, 9.17) is 19.9 Å². The van der Waals surface area contributed by atoms with Crippen molar-refractivity contribution in [2.45, 2.75) is 13.3 Å². The van der Waals surface area contributed by atoms with Crippen LogP contribution in [0.5, 0.6) is 0 Å². The lowest BCUT2D eigenvalue weighted by molar-refractivity contribution is 0.738. The van der Waals surface area contributed by atoms with Crippen molar-refractivity contribution in [2.24, 2.45) is 5.92 Å². The highest BCUT2D eigenvalue weighted by atomic mass is 15.1. The van der Waals surface area contributed by atoms with E-state index in [2.05, 4.69) is 168 Å². The van der Waals surface area contributed by atoms with E-state index in [-0.39, 0.29) is 0 Å². The van der Waals surface area contributed by atoms with Gasteiger partial charge in [-0.1, -0.05) is 134 Å². The predicted molar refractivity (Wildman–Crippen MR) is 243 cm³/mol.